The number of hydrogen-bond donors (Lipinski definition) is 1. The largest absolute Gasteiger partial charge is 0.497 e. The van der Waals surface area contributed by atoms with Crippen LogP contribution < -0.4 is 15.2 Å². The van der Waals surface area contributed by atoms with Gasteiger partial charge in [-0.2, -0.15) is 13.2 Å². The van der Waals surface area contributed by atoms with E-state index in [1.165, 1.54) is 40.2 Å². The van der Waals surface area contributed by atoms with E-state index in [1.807, 2.05) is 0 Å². The lowest BCUT2D eigenvalue weighted by atomic mass is 9.77. The summed E-state index contributed by atoms with van der Waals surface area (Å²) in [7, 11) is 2.88. The first-order valence-electron chi connectivity index (χ1n) is 5.68. The topological polar surface area (TPSA) is 44.5 Å². The van der Waals surface area contributed by atoms with E-state index in [1.54, 1.807) is 6.07 Å². The number of halogens is 3. The van der Waals surface area contributed by atoms with Crippen LogP contribution in [-0.2, 0) is 5.41 Å². The molecule has 6 heteroatoms. The van der Waals surface area contributed by atoms with Crippen molar-refractivity contribution in [3.05, 3.63) is 23.8 Å². The van der Waals surface area contributed by atoms with Crippen molar-refractivity contribution in [3.8, 4) is 11.5 Å². The molecule has 0 fully saturated rings. The third kappa shape index (κ3) is 3.32. The van der Waals surface area contributed by atoms with Crippen molar-refractivity contribution in [3.63, 3.8) is 0 Å². The molecule has 1 atom stereocenters. The van der Waals surface area contributed by atoms with Crippen LogP contribution in [0.5, 0.6) is 11.5 Å². The number of hydrogen-bond acceptors (Lipinski definition) is 3. The van der Waals surface area contributed by atoms with Crippen molar-refractivity contribution in [2.75, 3.05) is 14.2 Å². The van der Waals surface area contributed by atoms with Gasteiger partial charge in [-0.15, -0.1) is 0 Å². The molecule has 0 spiro atoms. The maximum atomic E-state index is 12.8. The molecular formula is C13H18F3NO2. The number of alkyl halides is 3. The molecule has 0 aromatic heterocycles. The highest BCUT2D eigenvalue weighted by molar-refractivity contribution is 5.42. The minimum absolute atomic E-state index is 0.411. The van der Waals surface area contributed by atoms with Crippen LogP contribution in [-0.4, -0.2) is 26.4 Å². The monoisotopic (exact) mass is 277 g/mol. The average molecular weight is 277 g/mol. The van der Waals surface area contributed by atoms with Gasteiger partial charge < -0.3 is 15.2 Å². The Hall–Kier alpha value is -1.43. The molecule has 1 aromatic rings. The molecule has 0 bridgehead atoms. The fourth-order valence-corrected chi connectivity index (χ4v) is 1.77. The second kappa shape index (κ2) is 5.28. The van der Waals surface area contributed by atoms with Gasteiger partial charge in [0.1, 0.15) is 17.5 Å². The maximum Gasteiger partial charge on any atom is 0.404 e. The molecule has 0 aliphatic rings. The second-order valence-electron chi connectivity index (χ2n) is 4.84. The quantitative estimate of drug-likeness (QED) is 0.920. The Labute approximate surface area is 110 Å². The molecule has 0 saturated carbocycles. The normalized spacial score (nSPS) is 14.1. The van der Waals surface area contributed by atoms with E-state index in [0.29, 0.717) is 17.1 Å². The zero-order valence-corrected chi connectivity index (χ0v) is 11.3. The van der Waals surface area contributed by atoms with Crippen LogP contribution in [0.3, 0.4) is 0 Å². The van der Waals surface area contributed by atoms with Gasteiger partial charge in [-0.1, -0.05) is 13.8 Å². The van der Waals surface area contributed by atoms with Crippen LogP contribution in [0.15, 0.2) is 18.2 Å². The molecule has 2 N–H and O–H groups in total. The molecule has 3 nitrogen and oxygen atoms in total. The zero-order chi connectivity index (χ0) is 14.8. The summed E-state index contributed by atoms with van der Waals surface area (Å²) in [5.74, 6) is 0.855. The predicted octanol–water partition coefficient (Wildman–Crippen LogP) is 2.87. The first kappa shape index (κ1) is 15.6. The lowest BCUT2D eigenvalue weighted by molar-refractivity contribution is -0.160. The Bertz CT molecular complexity index is 422. The van der Waals surface area contributed by atoms with Crippen molar-refractivity contribution in [1.29, 1.82) is 0 Å². The van der Waals surface area contributed by atoms with Crippen LogP contribution >= 0.6 is 0 Å². The van der Waals surface area contributed by atoms with E-state index in [4.69, 9.17) is 15.2 Å². The Balaban J connectivity index is 3.27. The third-order valence-electron chi connectivity index (χ3n) is 3.23. The molecule has 0 heterocycles. The number of methoxy groups -OCH3 is 2. The smallest absolute Gasteiger partial charge is 0.404 e. The number of rotatable bonds is 4. The van der Waals surface area contributed by atoms with Gasteiger partial charge >= 0.3 is 6.18 Å². The second-order valence-corrected chi connectivity index (χ2v) is 4.84. The van der Waals surface area contributed by atoms with Crippen molar-refractivity contribution >= 4 is 0 Å². The summed E-state index contributed by atoms with van der Waals surface area (Å²) >= 11 is 0. The maximum absolute atomic E-state index is 12.8. The average Bonchev–Trinajstić information content (AvgIpc) is 2.35. The first-order valence-corrected chi connectivity index (χ1v) is 5.68. The predicted molar refractivity (Wildman–Crippen MR) is 66.6 cm³/mol. The molecular weight excluding hydrogens is 259 g/mol. The highest BCUT2D eigenvalue weighted by atomic mass is 19.4. The minimum Gasteiger partial charge on any atom is -0.497 e. The minimum atomic E-state index is -4.47. The lowest BCUT2D eigenvalue weighted by Gasteiger charge is -2.33. The molecule has 19 heavy (non-hydrogen) atoms. The summed E-state index contributed by atoms with van der Waals surface area (Å²) in [5, 5.41) is 0. The van der Waals surface area contributed by atoms with Crippen molar-refractivity contribution in [2.45, 2.75) is 31.5 Å². The SMILES string of the molecule is COc1cc(OC)cc(C(C)(C)C(N)C(F)(F)F)c1. The van der Waals surface area contributed by atoms with Gasteiger partial charge in [0.05, 0.1) is 14.2 Å². The summed E-state index contributed by atoms with van der Waals surface area (Å²) in [5.41, 5.74) is 4.46. The van der Waals surface area contributed by atoms with Gasteiger partial charge in [0.2, 0.25) is 0 Å². The van der Waals surface area contributed by atoms with E-state index in [2.05, 4.69) is 0 Å². The third-order valence-corrected chi connectivity index (χ3v) is 3.23. The van der Waals surface area contributed by atoms with Crippen LogP contribution in [0.4, 0.5) is 13.2 Å². The number of benzene rings is 1. The van der Waals surface area contributed by atoms with Crippen LogP contribution in [0.25, 0.3) is 0 Å². The van der Waals surface area contributed by atoms with Crippen LogP contribution in [0.1, 0.15) is 19.4 Å². The first-order chi connectivity index (χ1) is 8.62. The van der Waals surface area contributed by atoms with Crippen molar-refractivity contribution in [1.82, 2.24) is 0 Å². The van der Waals surface area contributed by atoms with E-state index < -0.39 is 17.6 Å². The fourth-order valence-electron chi connectivity index (χ4n) is 1.77. The molecule has 0 radical (unpaired) electrons. The Morgan fingerprint density at radius 3 is 1.74 bits per heavy atom. The summed E-state index contributed by atoms with van der Waals surface area (Å²) < 4.78 is 48.5. The molecule has 108 valence electrons. The molecule has 0 amide bonds. The summed E-state index contributed by atoms with van der Waals surface area (Å²) in [4.78, 5) is 0. The molecule has 1 unspecified atom stereocenters. The van der Waals surface area contributed by atoms with E-state index in [9.17, 15) is 13.2 Å². The van der Waals surface area contributed by atoms with Gasteiger partial charge in [0, 0.05) is 11.5 Å². The molecule has 0 saturated heterocycles. The standard InChI is InChI=1S/C13H18F3NO2/c1-12(2,11(17)13(14,15)16)8-5-9(18-3)7-10(6-8)19-4/h5-7,11H,17H2,1-4H3. The molecule has 0 aliphatic carbocycles. The summed E-state index contributed by atoms with van der Waals surface area (Å²) in [6.07, 6.45) is -4.47. The van der Waals surface area contributed by atoms with Crippen LogP contribution in [0, 0.1) is 0 Å². The van der Waals surface area contributed by atoms with Crippen molar-refractivity contribution < 1.29 is 22.6 Å². The Kier molecular flexibility index (Phi) is 4.35. The van der Waals surface area contributed by atoms with Gasteiger partial charge in [0.25, 0.3) is 0 Å². The van der Waals surface area contributed by atoms with Crippen LogP contribution in [0.2, 0.25) is 0 Å². The van der Waals surface area contributed by atoms with E-state index >= 15 is 0 Å². The Morgan fingerprint density at radius 2 is 1.42 bits per heavy atom. The lowest BCUT2D eigenvalue weighted by Crippen LogP contribution is -2.51. The highest BCUT2D eigenvalue weighted by Gasteiger charge is 2.47. The fraction of sp³-hybridized carbons (Fsp3) is 0.538. The van der Waals surface area contributed by atoms with Crippen molar-refractivity contribution in [2.24, 2.45) is 5.73 Å². The Morgan fingerprint density at radius 1 is 1.00 bits per heavy atom. The molecule has 0 aliphatic heterocycles. The number of ether oxygens (including phenoxy) is 2. The van der Waals surface area contributed by atoms with Gasteiger partial charge in [0.15, 0.2) is 0 Å². The van der Waals surface area contributed by atoms with Gasteiger partial charge in [-0.05, 0) is 17.7 Å². The van der Waals surface area contributed by atoms with Gasteiger partial charge in [-0.25, -0.2) is 0 Å². The van der Waals surface area contributed by atoms with Gasteiger partial charge in [-0.3, -0.25) is 0 Å². The number of nitrogens with two attached hydrogens (primary N) is 1. The summed E-state index contributed by atoms with van der Waals surface area (Å²) in [6.45, 7) is 2.89. The van der Waals surface area contributed by atoms with E-state index in [-0.39, 0.29) is 0 Å². The highest BCUT2D eigenvalue weighted by Crippen LogP contribution is 2.38. The van der Waals surface area contributed by atoms with E-state index in [0.717, 1.165) is 0 Å². The molecule has 1 rings (SSSR count). The summed E-state index contributed by atoms with van der Waals surface area (Å²) in [6, 6.07) is 2.69. The molecule has 1 aromatic carbocycles. The zero-order valence-electron chi connectivity index (χ0n) is 11.3.